The molecule has 0 unspecified atom stereocenters. The summed E-state index contributed by atoms with van der Waals surface area (Å²) in [6, 6.07) is 18.1. The number of amides is 2. The van der Waals surface area contributed by atoms with E-state index in [0.717, 1.165) is 16.8 Å². The number of ether oxygens (including phenoxy) is 3. The molecule has 0 aliphatic rings. The van der Waals surface area contributed by atoms with Gasteiger partial charge in [0.15, 0.2) is 11.5 Å². The van der Waals surface area contributed by atoms with E-state index < -0.39 is 11.8 Å². The molecule has 0 aliphatic heterocycles. The van der Waals surface area contributed by atoms with Crippen LogP contribution in [0.5, 0.6) is 17.2 Å². The molecule has 0 atom stereocenters. The maximum absolute atomic E-state index is 13.2. The summed E-state index contributed by atoms with van der Waals surface area (Å²) in [5.41, 5.74) is 3.76. The quantitative estimate of drug-likeness (QED) is 0.431. The molecular weight excluding hydrogens is 458 g/mol. The Bertz CT molecular complexity index is 1220. The molecule has 0 aromatic heterocycles. The number of methoxy groups -OCH3 is 3. The summed E-state index contributed by atoms with van der Waals surface area (Å²) in [6.07, 6.45) is 1.62. The SMILES string of the molecule is COc1cc(C(=O)N/C(=C/c2ccc(N(C)C)cc2)C(=O)Nc2ccc(C)cc2)cc(OC)c1OC. The Morgan fingerprint density at radius 2 is 1.42 bits per heavy atom. The molecule has 2 amide bonds. The van der Waals surface area contributed by atoms with E-state index in [1.165, 1.54) is 33.5 Å². The van der Waals surface area contributed by atoms with Crippen molar-refractivity contribution in [1.29, 1.82) is 0 Å². The second kappa shape index (κ2) is 11.8. The predicted molar refractivity (Wildman–Crippen MR) is 142 cm³/mol. The van der Waals surface area contributed by atoms with Gasteiger partial charge in [0.25, 0.3) is 11.8 Å². The van der Waals surface area contributed by atoms with Gasteiger partial charge in [-0.2, -0.15) is 0 Å². The molecule has 0 radical (unpaired) electrons. The molecule has 8 heteroatoms. The Balaban J connectivity index is 1.96. The minimum Gasteiger partial charge on any atom is -0.493 e. The maximum atomic E-state index is 13.2. The monoisotopic (exact) mass is 489 g/mol. The summed E-state index contributed by atoms with van der Waals surface area (Å²) >= 11 is 0. The lowest BCUT2D eigenvalue weighted by atomic mass is 10.1. The van der Waals surface area contributed by atoms with Gasteiger partial charge in [-0.15, -0.1) is 0 Å². The molecule has 0 heterocycles. The first kappa shape index (κ1) is 26.2. The lowest BCUT2D eigenvalue weighted by molar-refractivity contribution is -0.113. The van der Waals surface area contributed by atoms with Crippen molar-refractivity contribution in [3.63, 3.8) is 0 Å². The topological polar surface area (TPSA) is 89.1 Å². The van der Waals surface area contributed by atoms with Crippen molar-refractivity contribution in [2.45, 2.75) is 6.92 Å². The third-order valence-corrected chi connectivity index (χ3v) is 5.45. The normalized spacial score (nSPS) is 10.9. The zero-order valence-corrected chi connectivity index (χ0v) is 21.3. The first-order chi connectivity index (χ1) is 17.2. The van der Waals surface area contributed by atoms with Gasteiger partial charge in [-0.3, -0.25) is 9.59 Å². The average molecular weight is 490 g/mol. The largest absolute Gasteiger partial charge is 0.493 e. The van der Waals surface area contributed by atoms with Crippen molar-refractivity contribution in [3.05, 3.63) is 83.1 Å². The second-order valence-electron chi connectivity index (χ2n) is 8.23. The standard InChI is InChI=1S/C28H31N3O5/c1-18-7-11-21(12-8-18)29-28(33)23(15-19-9-13-22(14-10-19)31(2)3)30-27(32)20-16-24(34-4)26(36-6)25(17-20)35-5/h7-17H,1-6H3,(H,29,33)(H,30,32)/b23-15+. The van der Waals surface area contributed by atoms with E-state index in [0.29, 0.717) is 22.9 Å². The third-order valence-electron chi connectivity index (χ3n) is 5.45. The minimum atomic E-state index is -0.510. The smallest absolute Gasteiger partial charge is 0.272 e. The van der Waals surface area contributed by atoms with E-state index in [1.807, 2.05) is 62.3 Å². The van der Waals surface area contributed by atoms with Crippen LogP contribution in [0.2, 0.25) is 0 Å². The van der Waals surface area contributed by atoms with Gasteiger partial charge in [0, 0.05) is 31.0 Å². The van der Waals surface area contributed by atoms with Crippen LogP contribution in [0.4, 0.5) is 11.4 Å². The fraction of sp³-hybridized carbons (Fsp3) is 0.214. The van der Waals surface area contributed by atoms with Gasteiger partial charge in [-0.25, -0.2) is 0 Å². The first-order valence-electron chi connectivity index (χ1n) is 11.2. The Kier molecular flexibility index (Phi) is 8.57. The molecule has 2 N–H and O–H groups in total. The third kappa shape index (κ3) is 6.35. The van der Waals surface area contributed by atoms with Crippen LogP contribution in [0.3, 0.4) is 0 Å². The number of hydrogen-bond acceptors (Lipinski definition) is 6. The van der Waals surface area contributed by atoms with E-state index >= 15 is 0 Å². The summed E-state index contributed by atoms with van der Waals surface area (Å²) in [4.78, 5) is 28.4. The van der Waals surface area contributed by atoms with E-state index in [-0.39, 0.29) is 11.3 Å². The van der Waals surface area contributed by atoms with Gasteiger partial charge in [0.05, 0.1) is 21.3 Å². The van der Waals surface area contributed by atoms with Gasteiger partial charge >= 0.3 is 0 Å². The number of nitrogens with zero attached hydrogens (tertiary/aromatic N) is 1. The fourth-order valence-corrected chi connectivity index (χ4v) is 3.44. The van der Waals surface area contributed by atoms with Crippen molar-refractivity contribution in [1.82, 2.24) is 5.32 Å². The number of anilines is 2. The minimum absolute atomic E-state index is 0.0759. The highest BCUT2D eigenvalue weighted by atomic mass is 16.5. The molecule has 0 aliphatic carbocycles. The average Bonchev–Trinajstić information content (AvgIpc) is 2.88. The Hall–Kier alpha value is -4.46. The van der Waals surface area contributed by atoms with Crippen LogP contribution in [0, 0.1) is 6.92 Å². The summed E-state index contributed by atoms with van der Waals surface area (Å²) in [5, 5.41) is 5.58. The van der Waals surface area contributed by atoms with Crippen LogP contribution in [0.15, 0.2) is 66.4 Å². The lowest BCUT2D eigenvalue weighted by Crippen LogP contribution is -2.30. The van der Waals surface area contributed by atoms with Crippen molar-refractivity contribution < 1.29 is 23.8 Å². The number of nitrogens with one attached hydrogen (secondary N) is 2. The fourth-order valence-electron chi connectivity index (χ4n) is 3.44. The Morgan fingerprint density at radius 3 is 1.92 bits per heavy atom. The number of aryl methyl sites for hydroxylation is 1. The van der Waals surface area contributed by atoms with Gasteiger partial charge in [-0.05, 0) is 55.0 Å². The van der Waals surface area contributed by atoms with Crippen LogP contribution < -0.4 is 29.7 Å². The van der Waals surface area contributed by atoms with E-state index in [9.17, 15) is 9.59 Å². The summed E-state index contributed by atoms with van der Waals surface area (Å²) in [6.45, 7) is 1.96. The summed E-state index contributed by atoms with van der Waals surface area (Å²) in [5.74, 6) is 0.0537. The van der Waals surface area contributed by atoms with Gasteiger partial charge < -0.3 is 29.7 Å². The molecular formula is C28H31N3O5. The van der Waals surface area contributed by atoms with Crippen LogP contribution >= 0.6 is 0 Å². The molecule has 0 bridgehead atoms. The number of carbonyl (C=O) groups excluding carboxylic acids is 2. The lowest BCUT2D eigenvalue weighted by Gasteiger charge is -2.15. The van der Waals surface area contributed by atoms with Crippen molar-refractivity contribution >= 4 is 29.3 Å². The molecule has 188 valence electrons. The predicted octanol–water partition coefficient (Wildman–Crippen LogP) is 4.50. The van der Waals surface area contributed by atoms with E-state index in [1.54, 1.807) is 18.2 Å². The summed E-state index contributed by atoms with van der Waals surface area (Å²) < 4.78 is 16.0. The highest BCUT2D eigenvalue weighted by Gasteiger charge is 2.20. The number of rotatable bonds is 9. The molecule has 0 saturated carbocycles. The van der Waals surface area contributed by atoms with Crippen molar-refractivity contribution in [3.8, 4) is 17.2 Å². The van der Waals surface area contributed by atoms with Crippen molar-refractivity contribution in [2.24, 2.45) is 0 Å². The highest BCUT2D eigenvalue weighted by molar-refractivity contribution is 6.10. The molecule has 3 rings (SSSR count). The van der Waals surface area contributed by atoms with E-state index in [4.69, 9.17) is 14.2 Å². The molecule has 36 heavy (non-hydrogen) atoms. The molecule has 3 aromatic carbocycles. The molecule has 0 saturated heterocycles. The van der Waals surface area contributed by atoms with Gasteiger partial charge in [0.2, 0.25) is 5.75 Å². The molecule has 0 fully saturated rings. The number of carbonyl (C=O) groups is 2. The van der Waals surface area contributed by atoms with Gasteiger partial charge in [0.1, 0.15) is 5.70 Å². The second-order valence-corrected chi connectivity index (χ2v) is 8.23. The van der Waals surface area contributed by atoms with Crippen LogP contribution in [-0.4, -0.2) is 47.2 Å². The summed E-state index contributed by atoms with van der Waals surface area (Å²) in [7, 11) is 8.32. The van der Waals surface area contributed by atoms with Gasteiger partial charge in [-0.1, -0.05) is 29.8 Å². The number of benzene rings is 3. The van der Waals surface area contributed by atoms with Crippen molar-refractivity contribution in [2.75, 3.05) is 45.6 Å². The van der Waals surface area contributed by atoms with Crippen LogP contribution in [0.25, 0.3) is 6.08 Å². The zero-order chi connectivity index (χ0) is 26.2. The van der Waals surface area contributed by atoms with Crippen LogP contribution in [-0.2, 0) is 4.79 Å². The molecule has 8 nitrogen and oxygen atoms in total. The highest BCUT2D eigenvalue weighted by Crippen LogP contribution is 2.38. The Morgan fingerprint density at radius 1 is 0.833 bits per heavy atom. The number of hydrogen-bond donors (Lipinski definition) is 2. The van der Waals surface area contributed by atoms with E-state index in [2.05, 4.69) is 10.6 Å². The zero-order valence-electron chi connectivity index (χ0n) is 21.3. The molecule has 3 aromatic rings. The van der Waals surface area contributed by atoms with Crippen LogP contribution in [0.1, 0.15) is 21.5 Å². The maximum Gasteiger partial charge on any atom is 0.272 e. The first-order valence-corrected chi connectivity index (χ1v) is 11.2. The Labute approximate surface area is 211 Å². The molecule has 0 spiro atoms.